The number of ether oxygens (including phenoxy) is 3. The average molecular weight is 543 g/mol. The van der Waals surface area contributed by atoms with Crippen LogP contribution in [0.4, 0.5) is 5.82 Å². The summed E-state index contributed by atoms with van der Waals surface area (Å²) in [4.78, 5) is 37.0. The summed E-state index contributed by atoms with van der Waals surface area (Å²) in [6, 6.07) is 0. The number of esters is 2. The first-order valence-corrected chi connectivity index (χ1v) is 14.1. The van der Waals surface area contributed by atoms with E-state index in [4.69, 9.17) is 24.5 Å². The van der Waals surface area contributed by atoms with E-state index in [0.717, 1.165) is 19.3 Å². The van der Waals surface area contributed by atoms with E-state index in [9.17, 15) is 14.2 Å². The number of hydrogen-bond donors (Lipinski definition) is 2. The third-order valence-electron chi connectivity index (χ3n) is 5.12. The van der Waals surface area contributed by atoms with Gasteiger partial charge < -0.3 is 29.0 Å². The molecule has 2 aromatic rings. The van der Waals surface area contributed by atoms with Crippen LogP contribution in [0, 0.1) is 0 Å². The van der Waals surface area contributed by atoms with Crippen molar-refractivity contribution in [3.8, 4) is 0 Å². The van der Waals surface area contributed by atoms with Crippen LogP contribution in [0.1, 0.15) is 60.8 Å². The van der Waals surface area contributed by atoms with Crippen LogP contribution in [0.25, 0.3) is 11.2 Å². The first-order valence-electron chi connectivity index (χ1n) is 12.3. The summed E-state index contributed by atoms with van der Waals surface area (Å²) in [5, 5.41) is 2.73. The van der Waals surface area contributed by atoms with E-state index in [-0.39, 0.29) is 18.5 Å². The van der Waals surface area contributed by atoms with Crippen molar-refractivity contribution in [1.29, 1.82) is 0 Å². The van der Waals surface area contributed by atoms with Gasteiger partial charge in [-0.3, -0.25) is 9.36 Å². The van der Waals surface area contributed by atoms with Gasteiger partial charge in [0.15, 0.2) is 18.1 Å². The molecule has 0 radical (unpaired) electrons. The number of hydrogen-bond acceptors (Lipinski definition) is 11. The van der Waals surface area contributed by atoms with E-state index in [1.165, 1.54) is 20.2 Å². The predicted octanol–water partition coefficient (Wildman–Crippen LogP) is 3.03. The summed E-state index contributed by atoms with van der Waals surface area (Å²) in [5.41, 5.74) is 5.45. The van der Waals surface area contributed by atoms with Gasteiger partial charge in [-0.05, 0) is 41.0 Å². The quantitative estimate of drug-likeness (QED) is 0.181. The highest BCUT2D eigenvalue weighted by atomic mass is 31.2. The Balaban J connectivity index is 2.08. The van der Waals surface area contributed by atoms with Crippen molar-refractivity contribution in [2.75, 3.05) is 25.3 Å². The minimum absolute atomic E-state index is 0.250. The van der Waals surface area contributed by atoms with Crippen molar-refractivity contribution in [1.82, 2.24) is 24.6 Å². The lowest BCUT2D eigenvalue weighted by Gasteiger charge is -2.30. The Kier molecular flexibility index (Phi) is 11.4. The van der Waals surface area contributed by atoms with Crippen LogP contribution in [-0.4, -0.2) is 68.8 Å². The fourth-order valence-corrected chi connectivity index (χ4v) is 5.17. The summed E-state index contributed by atoms with van der Waals surface area (Å²) in [6.07, 6.45) is 4.28. The highest BCUT2D eigenvalue weighted by Gasteiger charge is 2.39. The maximum absolute atomic E-state index is 13.7. The fraction of sp³-hybridized carbons (Fsp3) is 0.696. The highest BCUT2D eigenvalue weighted by Crippen LogP contribution is 2.45. The molecule has 0 spiro atoms. The van der Waals surface area contributed by atoms with Crippen LogP contribution in [-0.2, 0) is 39.4 Å². The van der Waals surface area contributed by atoms with E-state index in [1.807, 2.05) is 6.92 Å². The molecule has 0 bridgehead atoms. The zero-order chi connectivity index (χ0) is 27.6. The number of aromatic nitrogens is 4. The van der Waals surface area contributed by atoms with Crippen LogP contribution in [0.2, 0.25) is 0 Å². The smallest absolute Gasteiger partial charge is 0.332 e. The van der Waals surface area contributed by atoms with E-state index >= 15 is 0 Å². The molecule has 2 rings (SSSR count). The van der Waals surface area contributed by atoms with E-state index in [0.29, 0.717) is 17.7 Å². The molecule has 0 unspecified atom stereocenters. The van der Waals surface area contributed by atoms with Gasteiger partial charge in [-0.1, -0.05) is 19.8 Å². The molecule has 2 aromatic heterocycles. The maximum Gasteiger partial charge on any atom is 0.332 e. The van der Waals surface area contributed by atoms with E-state index in [2.05, 4.69) is 20.0 Å². The predicted molar refractivity (Wildman–Crippen MR) is 138 cm³/mol. The van der Waals surface area contributed by atoms with Gasteiger partial charge in [0.1, 0.15) is 23.7 Å². The molecule has 208 valence electrons. The first kappa shape index (κ1) is 30.6. The Morgan fingerprint density at radius 1 is 1.19 bits per heavy atom. The zero-order valence-corrected chi connectivity index (χ0v) is 23.3. The highest BCUT2D eigenvalue weighted by molar-refractivity contribution is 7.56. The Labute approximate surface area is 217 Å². The molecule has 37 heavy (non-hydrogen) atoms. The topological polar surface area (TPSA) is 170 Å². The van der Waals surface area contributed by atoms with Crippen LogP contribution in [0.5, 0.6) is 0 Å². The van der Waals surface area contributed by atoms with Gasteiger partial charge in [-0.2, -0.15) is 0 Å². The number of carbonyl (C=O) groups is 2. The summed E-state index contributed by atoms with van der Waals surface area (Å²) < 4.78 is 37.2. The molecule has 0 aliphatic carbocycles. The largest absolute Gasteiger partial charge is 0.464 e. The van der Waals surface area contributed by atoms with Crippen molar-refractivity contribution >= 4 is 36.4 Å². The van der Waals surface area contributed by atoms with Crippen molar-refractivity contribution in [3.05, 3.63) is 12.7 Å². The van der Waals surface area contributed by atoms with Crippen LogP contribution < -0.4 is 10.8 Å². The Morgan fingerprint density at radius 2 is 1.92 bits per heavy atom. The lowest BCUT2D eigenvalue weighted by Crippen LogP contribution is -2.47. The minimum atomic E-state index is -3.88. The van der Waals surface area contributed by atoms with Gasteiger partial charge in [-0.15, -0.1) is 0 Å². The summed E-state index contributed by atoms with van der Waals surface area (Å²) in [5.74, 6) is -1.02. The molecule has 0 aromatic carbocycles. The second kappa shape index (κ2) is 13.8. The van der Waals surface area contributed by atoms with Crippen LogP contribution in [0.15, 0.2) is 12.7 Å². The number of nitrogens with zero attached hydrogens (tertiary/aromatic N) is 4. The number of unbranched alkanes of at least 4 members (excludes halogenated alkanes) is 2. The van der Waals surface area contributed by atoms with Gasteiger partial charge in [-0.25, -0.2) is 24.8 Å². The third-order valence-corrected chi connectivity index (χ3v) is 7.05. The summed E-state index contributed by atoms with van der Waals surface area (Å²) in [6.45, 7) is 10.3. The SMILES string of the molecule is CCCCCOC(=O)CO[P@](=O)(CO[C@H](C)Cn1cnc2c(N)ncnc21)NC(C)(C)C(=O)OC(C)C. The molecule has 2 atom stereocenters. The van der Waals surface area contributed by atoms with E-state index in [1.54, 1.807) is 31.7 Å². The first-order chi connectivity index (χ1) is 17.4. The number of anilines is 1. The van der Waals surface area contributed by atoms with Crippen molar-refractivity contribution in [2.24, 2.45) is 0 Å². The number of carbonyl (C=O) groups excluding carboxylic acids is 2. The standard InChI is InChI=1S/C23H39N6O7P/c1-7-8-9-10-33-18(30)12-35-37(32,28-23(5,6)22(31)36-16(2)3)15-34-17(4)11-29-14-27-19-20(24)25-13-26-21(19)29/h13-14,16-17H,7-12,15H2,1-6H3,(H,28,32)(H2,24,25,26)/t17-,37-/m1/s1. The normalized spacial score (nSPS) is 14.5. The molecule has 0 fully saturated rings. The molecule has 14 heteroatoms. The van der Waals surface area contributed by atoms with Gasteiger partial charge in [0.2, 0.25) is 0 Å². The molecule has 0 amide bonds. The molecule has 13 nitrogen and oxygen atoms in total. The van der Waals surface area contributed by atoms with Crippen LogP contribution >= 0.6 is 7.52 Å². The fourth-order valence-electron chi connectivity index (χ4n) is 3.26. The Bertz CT molecular complexity index is 1090. The molecule has 0 aliphatic rings. The molecule has 0 saturated heterocycles. The number of nitrogens with one attached hydrogen (secondary N) is 1. The second-order valence-corrected chi connectivity index (χ2v) is 11.6. The molecule has 2 heterocycles. The third kappa shape index (κ3) is 9.66. The Hall–Kier alpha value is -2.60. The van der Waals surface area contributed by atoms with Gasteiger partial charge in [0.25, 0.3) is 7.52 Å². The maximum atomic E-state index is 13.7. The average Bonchev–Trinajstić information content (AvgIpc) is 3.22. The Morgan fingerprint density at radius 3 is 2.59 bits per heavy atom. The van der Waals surface area contributed by atoms with Gasteiger partial charge in [0.05, 0.1) is 31.7 Å². The summed E-state index contributed by atoms with van der Waals surface area (Å²) >= 11 is 0. The monoisotopic (exact) mass is 542 g/mol. The van der Waals surface area contributed by atoms with Gasteiger partial charge in [0, 0.05) is 0 Å². The van der Waals surface area contributed by atoms with E-state index < -0.39 is 44.1 Å². The summed E-state index contributed by atoms with van der Waals surface area (Å²) in [7, 11) is -3.88. The number of imidazole rings is 1. The second-order valence-electron chi connectivity index (χ2n) is 9.50. The number of fused-ring (bicyclic) bond motifs is 1. The molecular formula is C23H39N6O7P. The van der Waals surface area contributed by atoms with Crippen molar-refractivity contribution < 1.29 is 32.9 Å². The number of nitrogens with two attached hydrogens (primary N) is 1. The van der Waals surface area contributed by atoms with Crippen LogP contribution in [0.3, 0.4) is 0 Å². The minimum Gasteiger partial charge on any atom is -0.464 e. The lowest BCUT2D eigenvalue weighted by molar-refractivity contribution is -0.153. The lowest BCUT2D eigenvalue weighted by atomic mass is 10.1. The van der Waals surface area contributed by atoms with Gasteiger partial charge >= 0.3 is 11.9 Å². The van der Waals surface area contributed by atoms with Crippen molar-refractivity contribution in [2.45, 2.75) is 85.1 Å². The van der Waals surface area contributed by atoms with Crippen molar-refractivity contribution in [3.63, 3.8) is 0 Å². The number of nitrogen functional groups attached to an aromatic ring is 1. The molecule has 0 aliphatic heterocycles. The number of rotatable bonds is 16. The molecule has 3 N–H and O–H groups in total. The molecule has 0 saturated carbocycles. The molecular weight excluding hydrogens is 503 g/mol. The zero-order valence-electron chi connectivity index (χ0n) is 22.4.